The molecule has 98 valence electrons. The first-order chi connectivity index (χ1) is 8.00. The molecule has 1 aliphatic heterocycles. The average Bonchev–Trinajstić information content (AvgIpc) is 2.86. The van der Waals surface area contributed by atoms with Crippen LogP contribution in [0.15, 0.2) is 0 Å². The van der Waals surface area contributed by atoms with Gasteiger partial charge in [-0.15, -0.1) is 0 Å². The zero-order chi connectivity index (χ0) is 12.5. The van der Waals surface area contributed by atoms with E-state index < -0.39 is 10.0 Å². The van der Waals surface area contributed by atoms with Crippen molar-refractivity contribution in [3.8, 4) is 0 Å². The first-order valence-electron chi connectivity index (χ1n) is 6.28. The number of thiocarbonyl (C=S) groups is 1. The lowest BCUT2D eigenvalue weighted by Crippen LogP contribution is -2.42. The maximum atomic E-state index is 12.2. The van der Waals surface area contributed by atoms with Crippen molar-refractivity contribution >= 4 is 27.2 Å². The van der Waals surface area contributed by atoms with Gasteiger partial charge in [0.25, 0.3) is 0 Å². The molecular formula is C11H20N2O2S2. The molecule has 2 rings (SSSR count). The Morgan fingerprint density at radius 3 is 2.47 bits per heavy atom. The maximum Gasteiger partial charge on any atom is 0.220 e. The number of nitrogens with zero attached hydrogens (tertiary/aromatic N) is 1. The van der Waals surface area contributed by atoms with Crippen molar-refractivity contribution in [1.82, 2.24) is 4.31 Å². The largest absolute Gasteiger partial charge is 0.392 e. The summed E-state index contributed by atoms with van der Waals surface area (Å²) in [6.45, 7) is 0.645. The summed E-state index contributed by atoms with van der Waals surface area (Å²) < 4.78 is 26.0. The zero-order valence-electron chi connectivity index (χ0n) is 9.97. The summed E-state index contributed by atoms with van der Waals surface area (Å²) in [4.78, 5) is 0.0714. The fourth-order valence-corrected chi connectivity index (χ4v) is 5.26. The summed E-state index contributed by atoms with van der Waals surface area (Å²) in [5.74, 6) is 0.379. The molecule has 1 saturated heterocycles. The van der Waals surface area contributed by atoms with E-state index >= 15 is 0 Å². The highest BCUT2D eigenvalue weighted by Crippen LogP contribution is 2.36. The van der Waals surface area contributed by atoms with E-state index in [0.717, 1.165) is 12.8 Å². The predicted octanol–water partition coefficient (Wildman–Crippen LogP) is 1.26. The van der Waals surface area contributed by atoms with E-state index in [1.807, 2.05) is 0 Å². The topological polar surface area (TPSA) is 63.4 Å². The molecule has 2 N–H and O–H groups in total. The lowest BCUT2D eigenvalue weighted by atomic mass is 9.97. The quantitative estimate of drug-likeness (QED) is 0.785. The summed E-state index contributed by atoms with van der Waals surface area (Å²) in [5, 5.41) is 0. The Kier molecular flexibility index (Phi) is 4.05. The van der Waals surface area contributed by atoms with Crippen LogP contribution in [0.1, 0.15) is 38.5 Å². The Morgan fingerprint density at radius 1 is 1.24 bits per heavy atom. The molecule has 6 heteroatoms. The number of sulfonamides is 1. The van der Waals surface area contributed by atoms with E-state index in [-0.39, 0.29) is 16.8 Å². The van der Waals surface area contributed by atoms with Crippen molar-refractivity contribution in [3.63, 3.8) is 0 Å². The monoisotopic (exact) mass is 276 g/mol. The van der Waals surface area contributed by atoms with Gasteiger partial charge in [-0.1, -0.05) is 25.1 Å². The van der Waals surface area contributed by atoms with Crippen LogP contribution >= 0.6 is 12.2 Å². The molecule has 17 heavy (non-hydrogen) atoms. The van der Waals surface area contributed by atoms with E-state index in [2.05, 4.69) is 0 Å². The second-order valence-corrected chi connectivity index (χ2v) is 7.53. The van der Waals surface area contributed by atoms with Gasteiger partial charge in [0, 0.05) is 12.6 Å². The predicted molar refractivity (Wildman–Crippen MR) is 72.3 cm³/mol. The standard InChI is InChI=1S/C11H20N2O2S2/c12-11(16)8-17(14,15)13-7-3-6-10(13)9-4-1-2-5-9/h9-10H,1-8H2,(H2,12,16). The second-order valence-electron chi connectivity index (χ2n) is 5.09. The van der Waals surface area contributed by atoms with Crippen LogP contribution in [0.3, 0.4) is 0 Å². The molecule has 1 aliphatic carbocycles. The molecule has 0 amide bonds. The Hall–Kier alpha value is -0.200. The van der Waals surface area contributed by atoms with E-state index in [4.69, 9.17) is 18.0 Å². The van der Waals surface area contributed by atoms with Crippen LogP contribution in [0.2, 0.25) is 0 Å². The van der Waals surface area contributed by atoms with Crippen LogP contribution in [-0.2, 0) is 10.0 Å². The summed E-state index contributed by atoms with van der Waals surface area (Å²) >= 11 is 4.72. The lowest BCUT2D eigenvalue weighted by Gasteiger charge is -2.28. The third-order valence-corrected chi connectivity index (χ3v) is 6.05. The maximum absolute atomic E-state index is 12.2. The molecule has 2 fully saturated rings. The van der Waals surface area contributed by atoms with Crippen molar-refractivity contribution in [1.29, 1.82) is 0 Å². The van der Waals surface area contributed by atoms with Gasteiger partial charge < -0.3 is 5.73 Å². The Labute approximate surface area is 109 Å². The zero-order valence-corrected chi connectivity index (χ0v) is 11.6. The van der Waals surface area contributed by atoms with E-state index in [9.17, 15) is 8.42 Å². The third-order valence-electron chi connectivity index (χ3n) is 3.87. The smallest absolute Gasteiger partial charge is 0.220 e. The first-order valence-corrected chi connectivity index (χ1v) is 8.30. The van der Waals surface area contributed by atoms with Crippen molar-refractivity contribution in [2.24, 2.45) is 11.7 Å². The summed E-state index contributed by atoms with van der Waals surface area (Å²) in [6.07, 6.45) is 6.79. The van der Waals surface area contributed by atoms with Crippen molar-refractivity contribution < 1.29 is 8.42 Å². The van der Waals surface area contributed by atoms with E-state index in [0.29, 0.717) is 12.5 Å². The van der Waals surface area contributed by atoms with Gasteiger partial charge in [0.2, 0.25) is 10.0 Å². The Balaban J connectivity index is 2.10. The van der Waals surface area contributed by atoms with Gasteiger partial charge in [0.15, 0.2) is 0 Å². The van der Waals surface area contributed by atoms with Crippen molar-refractivity contribution in [3.05, 3.63) is 0 Å². The van der Waals surface area contributed by atoms with Crippen molar-refractivity contribution in [2.75, 3.05) is 12.3 Å². The minimum Gasteiger partial charge on any atom is -0.392 e. The molecule has 0 radical (unpaired) electrons. The molecule has 2 aliphatic rings. The SMILES string of the molecule is NC(=S)CS(=O)(=O)N1CCCC1C1CCCC1. The fraction of sp³-hybridized carbons (Fsp3) is 0.909. The average molecular weight is 276 g/mol. The Bertz CT molecular complexity index is 388. The Morgan fingerprint density at radius 2 is 1.88 bits per heavy atom. The minimum absolute atomic E-state index is 0.0714. The molecule has 1 saturated carbocycles. The number of hydrogen-bond acceptors (Lipinski definition) is 3. The first kappa shape index (κ1) is 13.2. The molecular weight excluding hydrogens is 256 g/mol. The highest BCUT2D eigenvalue weighted by molar-refractivity contribution is 7.92. The highest BCUT2D eigenvalue weighted by atomic mass is 32.2. The molecule has 0 spiro atoms. The normalized spacial score (nSPS) is 27.6. The van der Waals surface area contributed by atoms with Crippen LogP contribution in [0, 0.1) is 5.92 Å². The fourth-order valence-electron chi connectivity index (χ4n) is 3.19. The lowest BCUT2D eigenvalue weighted by molar-refractivity contribution is 0.289. The van der Waals surface area contributed by atoms with Crippen LogP contribution in [0.4, 0.5) is 0 Å². The molecule has 0 aromatic rings. The van der Waals surface area contributed by atoms with Gasteiger partial charge in [-0.05, 0) is 31.6 Å². The third kappa shape index (κ3) is 2.98. The summed E-state index contributed by atoms with van der Waals surface area (Å²) in [6, 6.07) is 0.205. The molecule has 0 aromatic heterocycles. The highest BCUT2D eigenvalue weighted by Gasteiger charge is 2.39. The van der Waals surface area contributed by atoms with E-state index in [1.165, 1.54) is 25.7 Å². The van der Waals surface area contributed by atoms with Gasteiger partial charge in [-0.25, -0.2) is 8.42 Å². The summed E-state index contributed by atoms with van der Waals surface area (Å²) in [7, 11) is -3.28. The molecule has 0 bridgehead atoms. The van der Waals surface area contributed by atoms with Gasteiger partial charge in [-0.2, -0.15) is 4.31 Å². The van der Waals surface area contributed by atoms with Crippen molar-refractivity contribution in [2.45, 2.75) is 44.6 Å². The van der Waals surface area contributed by atoms with Crippen LogP contribution in [0.25, 0.3) is 0 Å². The minimum atomic E-state index is -3.28. The number of hydrogen-bond donors (Lipinski definition) is 1. The van der Waals surface area contributed by atoms with Gasteiger partial charge in [0.05, 0.1) is 4.99 Å². The molecule has 1 unspecified atom stereocenters. The molecule has 4 nitrogen and oxygen atoms in total. The molecule has 0 aromatic carbocycles. The number of rotatable bonds is 4. The van der Waals surface area contributed by atoms with Crippen LogP contribution in [-0.4, -0.2) is 36.1 Å². The molecule has 1 heterocycles. The van der Waals surface area contributed by atoms with Gasteiger partial charge in [0.1, 0.15) is 5.75 Å². The molecule has 1 atom stereocenters. The number of nitrogens with two attached hydrogens (primary N) is 1. The second kappa shape index (κ2) is 5.20. The summed E-state index contributed by atoms with van der Waals surface area (Å²) in [5.41, 5.74) is 5.37. The van der Waals surface area contributed by atoms with Crippen LogP contribution < -0.4 is 5.73 Å². The van der Waals surface area contributed by atoms with Gasteiger partial charge >= 0.3 is 0 Å². The van der Waals surface area contributed by atoms with Crippen LogP contribution in [0.5, 0.6) is 0 Å². The van der Waals surface area contributed by atoms with Gasteiger partial charge in [-0.3, -0.25) is 0 Å². The van der Waals surface area contributed by atoms with E-state index in [1.54, 1.807) is 4.31 Å².